The Morgan fingerprint density at radius 1 is 1.64 bits per heavy atom. The Balaban J connectivity index is 1.97. The fourth-order valence-corrected chi connectivity index (χ4v) is 2.02. The Kier molecular flexibility index (Phi) is 2.35. The Morgan fingerprint density at radius 3 is 2.93 bits per heavy atom. The van der Waals surface area contributed by atoms with Crippen LogP contribution in [0.25, 0.3) is 0 Å². The summed E-state index contributed by atoms with van der Waals surface area (Å²) in [5.74, 6) is 1.07. The average Bonchev–Trinajstić information content (AvgIpc) is 2.61. The maximum absolute atomic E-state index is 5.93. The molecule has 0 saturated carbocycles. The van der Waals surface area contributed by atoms with Gasteiger partial charge in [0.05, 0.1) is 18.2 Å². The Labute approximate surface area is 85.1 Å². The van der Waals surface area contributed by atoms with E-state index in [9.17, 15) is 0 Å². The van der Waals surface area contributed by atoms with Crippen molar-refractivity contribution in [3.05, 3.63) is 18.2 Å². The topological polar surface area (TPSA) is 27.1 Å². The number of hydrogen-bond donors (Lipinski definition) is 0. The number of aryl methyl sites for hydroxylation is 1. The molecule has 1 aliphatic heterocycles. The Morgan fingerprint density at radius 2 is 2.43 bits per heavy atom. The molecule has 1 aliphatic rings. The van der Waals surface area contributed by atoms with Gasteiger partial charge in [0.2, 0.25) is 0 Å². The van der Waals surface area contributed by atoms with Gasteiger partial charge in [-0.05, 0) is 33.6 Å². The minimum atomic E-state index is 0.0686. The van der Waals surface area contributed by atoms with Crippen LogP contribution in [0.1, 0.15) is 32.5 Å². The summed E-state index contributed by atoms with van der Waals surface area (Å²) in [7, 11) is 0. The van der Waals surface area contributed by atoms with E-state index >= 15 is 0 Å². The SMILES string of the molecule is Cc1nccn1CC1CCC(C)(C)O1. The number of rotatable bonds is 2. The molecular formula is C11H18N2O. The number of aromatic nitrogens is 2. The summed E-state index contributed by atoms with van der Waals surface area (Å²) < 4.78 is 8.09. The van der Waals surface area contributed by atoms with Crippen molar-refractivity contribution in [2.75, 3.05) is 0 Å². The highest BCUT2D eigenvalue weighted by molar-refractivity contribution is 4.91. The number of nitrogens with zero attached hydrogens (tertiary/aromatic N) is 2. The van der Waals surface area contributed by atoms with Crippen LogP contribution in [0.5, 0.6) is 0 Å². The van der Waals surface area contributed by atoms with E-state index < -0.39 is 0 Å². The zero-order valence-corrected chi connectivity index (χ0v) is 9.16. The lowest BCUT2D eigenvalue weighted by molar-refractivity contribution is -0.0219. The van der Waals surface area contributed by atoms with Gasteiger partial charge in [-0.15, -0.1) is 0 Å². The lowest BCUT2D eigenvalue weighted by Gasteiger charge is -2.19. The van der Waals surface area contributed by atoms with Crippen LogP contribution in [0, 0.1) is 6.92 Å². The van der Waals surface area contributed by atoms with E-state index in [4.69, 9.17) is 4.74 Å². The zero-order valence-electron chi connectivity index (χ0n) is 9.16. The van der Waals surface area contributed by atoms with Gasteiger partial charge in [0.25, 0.3) is 0 Å². The van der Waals surface area contributed by atoms with E-state index in [0.29, 0.717) is 6.10 Å². The summed E-state index contributed by atoms with van der Waals surface area (Å²) in [6.07, 6.45) is 6.54. The van der Waals surface area contributed by atoms with E-state index in [0.717, 1.165) is 25.2 Å². The molecule has 78 valence electrons. The van der Waals surface area contributed by atoms with Crippen LogP contribution >= 0.6 is 0 Å². The van der Waals surface area contributed by atoms with E-state index in [1.165, 1.54) is 0 Å². The highest BCUT2D eigenvalue weighted by Gasteiger charge is 2.31. The predicted octanol–water partition coefficient (Wildman–Crippen LogP) is 2.15. The van der Waals surface area contributed by atoms with Gasteiger partial charge in [-0.2, -0.15) is 0 Å². The number of hydrogen-bond acceptors (Lipinski definition) is 2. The first-order valence-electron chi connectivity index (χ1n) is 5.22. The lowest BCUT2D eigenvalue weighted by Crippen LogP contribution is -2.23. The highest BCUT2D eigenvalue weighted by Crippen LogP contribution is 2.30. The zero-order chi connectivity index (χ0) is 10.2. The van der Waals surface area contributed by atoms with Crippen LogP contribution in [-0.2, 0) is 11.3 Å². The first-order chi connectivity index (χ1) is 6.57. The molecule has 1 fully saturated rings. The molecule has 3 heteroatoms. The van der Waals surface area contributed by atoms with Crippen LogP contribution < -0.4 is 0 Å². The first-order valence-corrected chi connectivity index (χ1v) is 5.22. The molecule has 2 heterocycles. The van der Waals surface area contributed by atoms with Crippen LogP contribution in [0.15, 0.2) is 12.4 Å². The minimum absolute atomic E-state index is 0.0686. The third-order valence-corrected chi connectivity index (χ3v) is 2.88. The van der Waals surface area contributed by atoms with Gasteiger partial charge in [0.1, 0.15) is 5.82 Å². The molecule has 14 heavy (non-hydrogen) atoms. The Bertz CT molecular complexity index is 317. The summed E-state index contributed by atoms with van der Waals surface area (Å²) in [6.45, 7) is 7.29. The largest absolute Gasteiger partial charge is 0.370 e. The molecule has 0 aromatic carbocycles. The second kappa shape index (κ2) is 3.39. The monoisotopic (exact) mass is 194 g/mol. The van der Waals surface area contributed by atoms with Gasteiger partial charge in [0, 0.05) is 12.4 Å². The third-order valence-electron chi connectivity index (χ3n) is 2.88. The molecule has 0 amide bonds. The van der Waals surface area contributed by atoms with Crippen molar-refractivity contribution in [1.82, 2.24) is 9.55 Å². The quantitative estimate of drug-likeness (QED) is 0.721. The van der Waals surface area contributed by atoms with Crippen molar-refractivity contribution in [3.63, 3.8) is 0 Å². The second-order valence-corrected chi connectivity index (χ2v) is 4.67. The van der Waals surface area contributed by atoms with Crippen molar-refractivity contribution < 1.29 is 4.74 Å². The molecule has 0 radical (unpaired) electrons. The van der Waals surface area contributed by atoms with Gasteiger partial charge < -0.3 is 9.30 Å². The summed E-state index contributed by atoms with van der Waals surface area (Å²) in [6, 6.07) is 0. The molecule has 1 atom stereocenters. The van der Waals surface area contributed by atoms with Crippen LogP contribution in [-0.4, -0.2) is 21.3 Å². The molecule has 2 rings (SSSR count). The van der Waals surface area contributed by atoms with Gasteiger partial charge >= 0.3 is 0 Å². The summed E-state index contributed by atoms with van der Waals surface area (Å²) >= 11 is 0. The molecule has 1 saturated heterocycles. The van der Waals surface area contributed by atoms with Crippen molar-refractivity contribution in [2.45, 2.75) is 51.9 Å². The van der Waals surface area contributed by atoms with Crippen molar-refractivity contribution in [1.29, 1.82) is 0 Å². The summed E-state index contributed by atoms with van der Waals surface area (Å²) in [5, 5.41) is 0. The number of imidazole rings is 1. The molecule has 1 unspecified atom stereocenters. The minimum Gasteiger partial charge on any atom is -0.370 e. The first kappa shape index (κ1) is 9.71. The van der Waals surface area contributed by atoms with Crippen LogP contribution in [0.2, 0.25) is 0 Å². The molecule has 0 N–H and O–H groups in total. The molecule has 0 spiro atoms. The van der Waals surface area contributed by atoms with Crippen molar-refractivity contribution in [3.8, 4) is 0 Å². The highest BCUT2D eigenvalue weighted by atomic mass is 16.5. The predicted molar refractivity (Wildman–Crippen MR) is 55.2 cm³/mol. The molecule has 0 aliphatic carbocycles. The lowest BCUT2D eigenvalue weighted by atomic mass is 10.1. The standard InChI is InChI=1S/C11H18N2O/c1-9-12-6-7-13(9)8-10-4-5-11(2,3)14-10/h6-7,10H,4-5,8H2,1-3H3. The second-order valence-electron chi connectivity index (χ2n) is 4.67. The van der Waals surface area contributed by atoms with Gasteiger partial charge in [-0.1, -0.05) is 0 Å². The molecule has 3 nitrogen and oxygen atoms in total. The van der Waals surface area contributed by atoms with E-state index in [1.54, 1.807) is 0 Å². The molecular weight excluding hydrogens is 176 g/mol. The van der Waals surface area contributed by atoms with Crippen LogP contribution in [0.3, 0.4) is 0 Å². The smallest absolute Gasteiger partial charge is 0.105 e. The van der Waals surface area contributed by atoms with Crippen molar-refractivity contribution >= 4 is 0 Å². The van der Waals surface area contributed by atoms with Crippen LogP contribution in [0.4, 0.5) is 0 Å². The van der Waals surface area contributed by atoms with E-state index in [-0.39, 0.29) is 5.60 Å². The van der Waals surface area contributed by atoms with Gasteiger partial charge in [-0.25, -0.2) is 4.98 Å². The summed E-state index contributed by atoms with van der Waals surface area (Å²) in [5.41, 5.74) is 0.0686. The molecule has 0 bridgehead atoms. The van der Waals surface area contributed by atoms with Gasteiger partial charge in [0.15, 0.2) is 0 Å². The van der Waals surface area contributed by atoms with E-state index in [1.807, 2.05) is 19.3 Å². The Hall–Kier alpha value is -0.830. The van der Waals surface area contributed by atoms with Gasteiger partial charge in [-0.3, -0.25) is 0 Å². The van der Waals surface area contributed by atoms with E-state index in [2.05, 4.69) is 23.4 Å². The average molecular weight is 194 g/mol. The molecule has 1 aromatic heterocycles. The maximum atomic E-state index is 5.93. The number of ether oxygens (including phenoxy) is 1. The normalized spacial score (nSPS) is 25.5. The summed E-state index contributed by atoms with van der Waals surface area (Å²) in [4.78, 5) is 4.20. The van der Waals surface area contributed by atoms with Crippen molar-refractivity contribution in [2.24, 2.45) is 0 Å². The maximum Gasteiger partial charge on any atom is 0.105 e. The fourth-order valence-electron chi connectivity index (χ4n) is 2.02. The third kappa shape index (κ3) is 1.98. The molecule has 1 aromatic rings. The fraction of sp³-hybridized carbons (Fsp3) is 0.727.